The molecule has 3 atom stereocenters. The number of likely N-dealkylation sites (tertiary alicyclic amines) is 1. The van der Waals surface area contributed by atoms with E-state index in [1.807, 2.05) is 19.4 Å². The third-order valence-corrected chi connectivity index (χ3v) is 5.14. The van der Waals surface area contributed by atoms with E-state index >= 15 is 0 Å². The molecule has 0 radical (unpaired) electrons. The van der Waals surface area contributed by atoms with E-state index in [0.29, 0.717) is 12.0 Å². The molecular weight excluding hydrogens is 345 g/mol. The number of aromatic nitrogens is 2. The molecule has 1 aromatic heterocycles. The van der Waals surface area contributed by atoms with Crippen LogP contribution in [-0.4, -0.2) is 51.7 Å². The second-order valence-corrected chi connectivity index (χ2v) is 7.02. The van der Waals surface area contributed by atoms with Gasteiger partial charge in [-0.3, -0.25) is 4.99 Å². The van der Waals surface area contributed by atoms with Crippen LogP contribution in [0.2, 0.25) is 0 Å². The van der Waals surface area contributed by atoms with Crippen LogP contribution < -0.4 is 5.32 Å². The fourth-order valence-electron chi connectivity index (χ4n) is 3.54. The molecule has 0 aliphatic carbocycles. The Morgan fingerprint density at radius 2 is 2.26 bits per heavy atom. The van der Waals surface area contributed by atoms with Crippen molar-refractivity contribution >= 4 is 5.96 Å². The van der Waals surface area contributed by atoms with Gasteiger partial charge in [-0.15, -0.1) is 0 Å². The maximum atomic E-state index is 13.9. The summed E-state index contributed by atoms with van der Waals surface area (Å²) in [6, 6.07) is 6.61. The molecule has 1 aromatic carbocycles. The lowest BCUT2D eigenvalue weighted by molar-refractivity contribution is 0.176. The smallest absolute Gasteiger partial charge is 0.194 e. The fourth-order valence-corrected chi connectivity index (χ4v) is 3.54. The predicted molar refractivity (Wildman–Crippen MR) is 104 cm³/mol. The molecule has 1 saturated heterocycles. The number of aliphatic hydroxyl groups excluding tert-OH is 1. The number of halogens is 1. The van der Waals surface area contributed by atoms with E-state index in [1.54, 1.807) is 24.4 Å². The van der Waals surface area contributed by atoms with E-state index in [4.69, 9.17) is 0 Å². The predicted octanol–water partition coefficient (Wildman–Crippen LogP) is 2.60. The van der Waals surface area contributed by atoms with Gasteiger partial charge in [0.2, 0.25) is 0 Å². The number of benzene rings is 1. The number of rotatable bonds is 5. The molecule has 7 heteroatoms. The van der Waals surface area contributed by atoms with Gasteiger partial charge >= 0.3 is 0 Å². The van der Waals surface area contributed by atoms with Gasteiger partial charge in [0, 0.05) is 37.6 Å². The van der Waals surface area contributed by atoms with Crippen molar-refractivity contribution in [3.05, 3.63) is 54.4 Å². The average Bonchev–Trinajstić information content (AvgIpc) is 3.20. The standard InChI is InChI=1S/C20H28FN5O/c1-3-23-20(24-12-19(27)16-6-4-5-7-17(16)21)25-10-8-15(2)18(13-25)26-11-9-22-14-26/h4-7,9,11,14-15,18-19,27H,3,8,10,12-13H2,1-2H3,(H,23,24). The van der Waals surface area contributed by atoms with Gasteiger partial charge < -0.3 is 19.9 Å². The van der Waals surface area contributed by atoms with Crippen LogP contribution in [0.5, 0.6) is 0 Å². The van der Waals surface area contributed by atoms with Crippen LogP contribution >= 0.6 is 0 Å². The Hall–Kier alpha value is -2.41. The Balaban J connectivity index is 1.72. The monoisotopic (exact) mass is 373 g/mol. The normalized spacial score (nSPS) is 21.9. The van der Waals surface area contributed by atoms with E-state index in [1.165, 1.54) is 6.07 Å². The molecule has 3 rings (SSSR count). The van der Waals surface area contributed by atoms with Crippen LogP contribution in [0.15, 0.2) is 48.0 Å². The molecule has 0 spiro atoms. The molecule has 1 aliphatic heterocycles. The molecule has 1 aliphatic rings. The number of imidazole rings is 1. The molecule has 1 fully saturated rings. The van der Waals surface area contributed by atoms with Crippen molar-refractivity contribution in [3.8, 4) is 0 Å². The van der Waals surface area contributed by atoms with Crippen molar-refractivity contribution in [1.82, 2.24) is 19.8 Å². The number of hydrogen-bond acceptors (Lipinski definition) is 3. The molecule has 2 heterocycles. The van der Waals surface area contributed by atoms with Crippen LogP contribution in [0.25, 0.3) is 0 Å². The van der Waals surface area contributed by atoms with Crippen molar-refractivity contribution in [2.75, 3.05) is 26.2 Å². The molecule has 0 bridgehead atoms. The number of nitrogens with zero attached hydrogens (tertiary/aromatic N) is 4. The Morgan fingerprint density at radius 3 is 2.96 bits per heavy atom. The Labute approximate surface area is 159 Å². The summed E-state index contributed by atoms with van der Waals surface area (Å²) >= 11 is 0. The minimum absolute atomic E-state index is 0.116. The summed E-state index contributed by atoms with van der Waals surface area (Å²) in [6.45, 7) is 6.84. The summed E-state index contributed by atoms with van der Waals surface area (Å²) in [5.41, 5.74) is 0.278. The third-order valence-electron chi connectivity index (χ3n) is 5.14. The summed E-state index contributed by atoms with van der Waals surface area (Å²) in [4.78, 5) is 11.0. The van der Waals surface area contributed by atoms with Crippen LogP contribution in [-0.2, 0) is 0 Å². The first-order chi connectivity index (χ1) is 13.1. The van der Waals surface area contributed by atoms with Gasteiger partial charge in [0.25, 0.3) is 0 Å². The van der Waals surface area contributed by atoms with Gasteiger partial charge in [-0.1, -0.05) is 25.1 Å². The molecule has 27 heavy (non-hydrogen) atoms. The van der Waals surface area contributed by atoms with Gasteiger partial charge in [-0.2, -0.15) is 0 Å². The largest absolute Gasteiger partial charge is 0.386 e. The summed E-state index contributed by atoms with van der Waals surface area (Å²) in [6.07, 6.45) is 5.74. The van der Waals surface area contributed by atoms with Crippen molar-refractivity contribution in [2.45, 2.75) is 32.4 Å². The first-order valence-corrected chi connectivity index (χ1v) is 9.53. The number of aliphatic hydroxyl groups is 1. The fraction of sp³-hybridized carbons (Fsp3) is 0.500. The van der Waals surface area contributed by atoms with Gasteiger partial charge in [0.1, 0.15) is 11.9 Å². The highest BCUT2D eigenvalue weighted by Gasteiger charge is 2.29. The molecule has 0 saturated carbocycles. The molecule has 2 aromatic rings. The van der Waals surface area contributed by atoms with Crippen LogP contribution in [0.4, 0.5) is 4.39 Å². The quantitative estimate of drug-likeness (QED) is 0.625. The van der Waals surface area contributed by atoms with E-state index < -0.39 is 11.9 Å². The SMILES string of the molecule is CCNC(=NCC(O)c1ccccc1F)N1CCC(C)C(n2ccnc2)C1. The van der Waals surface area contributed by atoms with Crippen LogP contribution in [0.3, 0.4) is 0 Å². The summed E-state index contributed by atoms with van der Waals surface area (Å²) < 4.78 is 16.0. The Morgan fingerprint density at radius 1 is 1.44 bits per heavy atom. The highest BCUT2D eigenvalue weighted by Crippen LogP contribution is 2.27. The number of hydrogen-bond donors (Lipinski definition) is 2. The summed E-state index contributed by atoms with van der Waals surface area (Å²) in [5.74, 6) is 0.893. The number of guanidine groups is 1. The number of nitrogens with one attached hydrogen (secondary N) is 1. The van der Waals surface area contributed by atoms with E-state index in [0.717, 1.165) is 32.0 Å². The highest BCUT2D eigenvalue weighted by molar-refractivity contribution is 5.80. The van der Waals surface area contributed by atoms with Crippen molar-refractivity contribution in [1.29, 1.82) is 0 Å². The Kier molecular flexibility index (Phi) is 6.45. The van der Waals surface area contributed by atoms with E-state index in [9.17, 15) is 9.50 Å². The van der Waals surface area contributed by atoms with E-state index in [-0.39, 0.29) is 12.1 Å². The van der Waals surface area contributed by atoms with Crippen LogP contribution in [0.1, 0.15) is 38.0 Å². The average molecular weight is 373 g/mol. The zero-order valence-electron chi connectivity index (χ0n) is 15.9. The zero-order chi connectivity index (χ0) is 19.2. The highest BCUT2D eigenvalue weighted by atomic mass is 19.1. The van der Waals surface area contributed by atoms with E-state index in [2.05, 4.69) is 31.7 Å². The lowest BCUT2D eigenvalue weighted by Gasteiger charge is -2.39. The second-order valence-electron chi connectivity index (χ2n) is 7.02. The first kappa shape index (κ1) is 19.4. The van der Waals surface area contributed by atoms with Crippen LogP contribution in [0, 0.1) is 11.7 Å². The molecule has 2 N–H and O–H groups in total. The van der Waals surface area contributed by atoms with Crippen molar-refractivity contribution in [3.63, 3.8) is 0 Å². The molecule has 3 unspecified atom stereocenters. The number of aliphatic imine (C=N–C) groups is 1. The summed E-state index contributed by atoms with van der Waals surface area (Å²) in [5, 5.41) is 13.7. The third kappa shape index (κ3) is 4.66. The first-order valence-electron chi connectivity index (χ1n) is 9.53. The minimum atomic E-state index is -0.965. The number of piperidine rings is 1. The van der Waals surface area contributed by atoms with Crippen molar-refractivity contribution < 1.29 is 9.50 Å². The second kappa shape index (κ2) is 8.99. The van der Waals surface area contributed by atoms with Crippen molar-refractivity contribution in [2.24, 2.45) is 10.9 Å². The lowest BCUT2D eigenvalue weighted by Crippen LogP contribution is -2.49. The maximum absolute atomic E-state index is 13.9. The molecule has 0 amide bonds. The minimum Gasteiger partial charge on any atom is -0.386 e. The van der Waals surface area contributed by atoms with Gasteiger partial charge in [0.05, 0.1) is 18.9 Å². The maximum Gasteiger partial charge on any atom is 0.194 e. The van der Waals surface area contributed by atoms with Gasteiger partial charge in [0.15, 0.2) is 5.96 Å². The molecular formula is C20H28FN5O. The zero-order valence-corrected chi connectivity index (χ0v) is 15.9. The topological polar surface area (TPSA) is 65.7 Å². The Bertz CT molecular complexity index is 749. The molecule has 6 nitrogen and oxygen atoms in total. The lowest BCUT2D eigenvalue weighted by atomic mass is 9.93. The molecule has 146 valence electrons. The summed E-state index contributed by atoms with van der Waals surface area (Å²) in [7, 11) is 0. The van der Waals surface area contributed by atoms with Gasteiger partial charge in [-0.05, 0) is 25.3 Å². The van der Waals surface area contributed by atoms with Gasteiger partial charge in [-0.25, -0.2) is 9.37 Å².